The molecule has 0 aliphatic carbocycles. The van der Waals surface area contributed by atoms with Crippen LogP contribution in [0.25, 0.3) is 152 Å². The van der Waals surface area contributed by atoms with Gasteiger partial charge in [0.15, 0.2) is 0 Å². The van der Waals surface area contributed by atoms with Crippen molar-refractivity contribution in [2.24, 2.45) is 0 Å². The van der Waals surface area contributed by atoms with E-state index >= 15 is 0 Å². The van der Waals surface area contributed by atoms with Crippen molar-refractivity contribution in [2.75, 3.05) is 0 Å². The Morgan fingerprint density at radius 2 is 0.697 bits per heavy atom. The molecular formula is C69H41N5S2. The first-order valence-electron chi connectivity index (χ1n) is 25.6. The molecule has 76 heavy (non-hydrogen) atoms. The van der Waals surface area contributed by atoms with Crippen LogP contribution in [0.5, 0.6) is 0 Å². The Bertz CT molecular complexity index is 4810. The average molecular weight is 1000 g/mol. The summed E-state index contributed by atoms with van der Waals surface area (Å²) < 4.78 is 9.80. The molecule has 0 saturated carbocycles. The third-order valence-electron chi connectivity index (χ3n) is 15.1. The van der Waals surface area contributed by atoms with E-state index < -0.39 is 0 Å². The van der Waals surface area contributed by atoms with Gasteiger partial charge in [-0.1, -0.05) is 158 Å². The van der Waals surface area contributed by atoms with Crippen LogP contribution in [0.1, 0.15) is 0 Å². The molecule has 0 aliphatic heterocycles. The molecule has 0 spiro atoms. The van der Waals surface area contributed by atoms with Crippen LogP contribution in [0.15, 0.2) is 249 Å². The normalized spacial score (nSPS) is 11.9. The molecule has 0 aliphatic rings. The SMILES string of the molecule is c1ccc(-c2cc(-c3cccc(-n4c5ccccc5c5cc6c7ccccc7n(-c7nc(-c8ccc9sc%10ccccc%10c9c8)cc(-c8ccc9sc%10ccccc%10c9c8)n7)c6cc54)c3)cc(-c3ccccc3)n2)cc1. The maximum absolute atomic E-state index is 5.60. The molecule has 10 aromatic carbocycles. The highest BCUT2D eigenvalue weighted by atomic mass is 32.1. The molecule has 7 heteroatoms. The zero-order valence-corrected chi connectivity index (χ0v) is 42.4. The van der Waals surface area contributed by atoms with Crippen LogP contribution in [0.2, 0.25) is 0 Å². The molecule has 0 amide bonds. The minimum absolute atomic E-state index is 0.620. The number of aromatic nitrogens is 5. The lowest BCUT2D eigenvalue weighted by Crippen LogP contribution is -2.04. The van der Waals surface area contributed by atoms with Crippen molar-refractivity contribution < 1.29 is 0 Å². The zero-order chi connectivity index (χ0) is 49.8. The molecular weight excluding hydrogens is 963 g/mol. The van der Waals surface area contributed by atoms with Crippen molar-refractivity contribution in [3.8, 4) is 67.8 Å². The van der Waals surface area contributed by atoms with E-state index in [1.165, 1.54) is 51.1 Å². The van der Waals surface area contributed by atoms with E-state index in [2.05, 4.69) is 258 Å². The Morgan fingerprint density at radius 3 is 1.28 bits per heavy atom. The average Bonchev–Trinajstić information content (AvgIpc) is 4.30. The number of rotatable bonds is 7. The van der Waals surface area contributed by atoms with Crippen molar-refractivity contribution >= 4 is 107 Å². The number of para-hydroxylation sites is 2. The lowest BCUT2D eigenvalue weighted by molar-refractivity contribution is 0.996. The number of fused-ring (bicyclic) bond motifs is 12. The Hall–Kier alpha value is -9.53. The molecule has 0 fully saturated rings. The van der Waals surface area contributed by atoms with E-state index in [4.69, 9.17) is 15.0 Å². The van der Waals surface area contributed by atoms with E-state index in [1.54, 1.807) is 0 Å². The molecule has 0 atom stereocenters. The smallest absolute Gasteiger partial charge is 0.235 e. The summed E-state index contributed by atoms with van der Waals surface area (Å²) in [6.45, 7) is 0. The van der Waals surface area contributed by atoms with E-state index in [1.807, 2.05) is 22.7 Å². The first kappa shape index (κ1) is 42.9. The molecule has 354 valence electrons. The standard InChI is InChI=1S/C69H41N5S2/c1-3-16-42(17-4-1)57-37-47(38-58(70-57)43-18-5-2-6-19-43)44-20-15-21-48(34-44)73-61-26-11-7-22-49(61)53-39-54-50-23-8-12-27-62(50)74(64(54)41-63(53)73)69-71-59(45-30-32-67-55(35-45)51-24-9-13-28-65(51)75-67)40-60(72-69)46-31-33-68-56(36-46)52-25-10-14-29-66(52)76-68/h1-41H. The lowest BCUT2D eigenvalue weighted by atomic mass is 9.99. The number of nitrogens with zero attached hydrogens (tertiary/aromatic N) is 5. The van der Waals surface area contributed by atoms with E-state index in [-0.39, 0.29) is 0 Å². The topological polar surface area (TPSA) is 48.5 Å². The summed E-state index contributed by atoms with van der Waals surface area (Å²) >= 11 is 3.66. The van der Waals surface area contributed by atoms with E-state index in [0.29, 0.717) is 5.95 Å². The van der Waals surface area contributed by atoms with Gasteiger partial charge in [-0.25, -0.2) is 15.0 Å². The van der Waals surface area contributed by atoms with Crippen LogP contribution in [0.4, 0.5) is 0 Å². The number of hydrogen-bond donors (Lipinski definition) is 0. The molecule has 0 unspecified atom stereocenters. The fraction of sp³-hybridized carbons (Fsp3) is 0. The minimum atomic E-state index is 0.620. The molecule has 6 aromatic heterocycles. The summed E-state index contributed by atoms with van der Waals surface area (Å²) in [5.74, 6) is 0.620. The number of thiophene rings is 2. The second-order valence-electron chi connectivity index (χ2n) is 19.6. The van der Waals surface area contributed by atoms with Crippen molar-refractivity contribution in [1.82, 2.24) is 24.1 Å². The summed E-state index contributed by atoms with van der Waals surface area (Å²) in [5.41, 5.74) is 15.4. The molecule has 5 nitrogen and oxygen atoms in total. The third kappa shape index (κ3) is 6.87. The second kappa shape index (κ2) is 17.0. The summed E-state index contributed by atoms with van der Waals surface area (Å²) in [5, 5.41) is 9.65. The maximum Gasteiger partial charge on any atom is 0.235 e. The monoisotopic (exact) mass is 1000 g/mol. The van der Waals surface area contributed by atoms with Crippen LogP contribution in [0, 0.1) is 0 Å². The second-order valence-corrected chi connectivity index (χ2v) is 21.7. The molecule has 0 N–H and O–H groups in total. The number of pyridine rings is 1. The van der Waals surface area contributed by atoms with E-state index in [9.17, 15) is 0 Å². The zero-order valence-electron chi connectivity index (χ0n) is 40.7. The highest BCUT2D eigenvalue weighted by molar-refractivity contribution is 7.26. The molecule has 16 rings (SSSR count). The van der Waals surface area contributed by atoms with Gasteiger partial charge in [0.1, 0.15) is 0 Å². The summed E-state index contributed by atoms with van der Waals surface area (Å²) in [6, 6.07) is 89.8. The van der Waals surface area contributed by atoms with Crippen LogP contribution in [0.3, 0.4) is 0 Å². The Kier molecular flexibility index (Phi) is 9.61. The summed E-state index contributed by atoms with van der Waals surface area (Å²) in [6.07, 6.45) is 0. The molecule has 6 heterocycles. The Morgan fingerprint density at radius 1 is 0.237 bits per heavy atom. The molecule has 16 aromatic rings. The van der Waals surface area contributed by atoms with Crippen molar-refractivity contribution in [3.05, 3.63) is 249 Å². The molecule has 0 saturated heterocycles. The Labute approximate surface area is 444 Å². The minimum Gasteiger partial charge on any atom is -0.309 e. The van der Waals surface area contributed by atoms with Crippen LogP contribution < -0.4 is 0 Å². The van der Waals surface area contributed by atoms with Gasteiger partial charge in [0.05, 0.1) is 44.8 Å². The largest absolute Gasteiger partial charge is 0.309 e. The summed E-state index contributed by atoms with van der Waals surface area (Å²) in [7, 11) is 0. The molecule has 0 radical (unpaired) electrons. The number of benzene rings is 10. The van der Waals surface area contributed by atoms with Crippen LogP contribution >= 0.6 is 22.7 Å². The van der Waals surface area contributed by atoms with Gasteiger partial charge < -0.3 is 4.57 Å². The van der Waals surface area contributed by atoms with Gasteiger partial charge in [-0.2, -0.15) is 0 Å². The van der Waals surface area contributed by atoms with Crippen molar-refractivity contribution in [3.63, 3.8) is 0 Å². The quantitative estimate of drug-likeness (QED) is 0.160. The van der Waals surface area contributed by atoms with E-state index in [0.717, 1.165) is 94.7 Å². The fourth-order valence-corrected chi connectivity index (χ4v) is 13.7. The maximum atomic E-state index is 5.60. The van der Waals surface area contributed by atoms with Gasteiger partial charge in [-0.3, -0.25) is 4.57 Å². The highest BCUT2D eigenvalue weighted by Gasteiger charge is 2.22. The van der Waals surface area contributed by atoms with Crippen LogP contribution in [-0.4, -0.2) is 24.1 Å². The summed E-state index contributed by atoms with van der Waals surface area (Å²) in [4.78, 5) is 16.4. The van der Waals surface area contributed by atoms with Gasteiger partial charge in [0.25, 0.3) is 0 Å². The Balaban J connectivity index is 0.927. The predicted molar refractivity (Wildman–Crippen MR) is 321 cm³/mol. The van der Waals surface area contributed by atoms with Gasteiger partial charge >= 0.3 is 0 Å². The first-order chi connectivity index (χ1) is 37.6. The van der Waals surface area contributed by atoms with Crippen LogP contribution in [-0.2, 0) is 0 Å². The third-order valence-corrected chi connectivity index (χ3v) is 17.4. The van der Waals surface area contributed by atoms with Crippen molar-refractivity contribution in [2.45, 2.75) is 0 Å². The first-order valence-corrected chi connectivity index (χ1v) is 27.2. The van der Waals surface area contributed by atoms with Gasteiger partial charge in [-0.05, 0) is 102 Å². The lowest BCUT2D eigenvalue weighted by Gasteiger charge is -2.14. The van der Waals surface area contributed by atoms with Gasteiger partial charge in [0.2, 0.25) is 5.95 Å². The van der Waals surface area contributed by atoms with Gasteiger partial charge in [-0.15, -0.1) is 22.7 Å². The predicted octanol–water partition coefficient (Wildman–Crippen LogP) is 19.1. The number of hydrogen-bond acceptors (Lipinski definition) is 5. The fourth-order valence-electron chi connectivity index (χ4n) is 11.6. The molecule has 0 bridgehead atoms. The van der Waals surface area contributed by atoms with Crippen molar-refractivity contribution in [1.29, 1.82) is 0 Å². The highest BCUT2D eigenvalue weighted by Crippen LogP contribution is 2.43. The van der Waals surface area contributed by atoms with Gasteiger partial charge in [0, 0.05) is 89.8 Å².